The first-order chi connectivity index (χ1) is 14.5. The van der Waals surface area contributed by atoms with Gasteiger partial charge in [-0.2, -0.15) is 0 Å². The molecule has 0 aromatic heterocycles. The molecule has 1 unspecified atom stereocenters. The molecule has 6 heteroatoms. The molecule has 4 nitrogen and oxygen atoms in total. The van der Waals surface area contributed by atoms with Crippen LogP contribution in [0, 0.1) is 0 Å². The number of carbonyl (C=O) groups is 2. The molecule has 3 aromatic carbocycles. The van der Waals surface area contributed by atoms with Gasteiger partial charge in [-0.25, -0.2) is 0 Å². The summed E-state index contributed by atoms with van der Waals surface area (Å²) in [6, 6.07) is 23.2. The summed E-state index contributed by atoms with van der Waals surface area (Å²) in [7, 11) is 1.73. The molecule has 0 spiro atoms. The second-order valence-corrected chi connectivity index (χ2v) is 7.78. The standard InChI is InChI=1S/C24H22Cl2N2O2/c1-28(16-18-11-5-7-13-20(18)25)23(29)15-22(17-9-3-2-4-10-17)27-24(30)19-12-6-8-14-21(19)26/h2-14,22H,15-16H2,1H3,(H,27,30). The Labute approximate surface area is 186 Å². The van der Waals surface area contributed by atoms with Crippen molar-refractivity contribution in [2.75, 3.05) is 7.05 Å². The average molecular weight is 441 g/mol. The van der Waals surface area contributed by atoms with E-state index < -0.39 is 6.04 Å². The van der Waals surface area contributed by atoms with Crippen LogP contribution in [0.2, 0.25) is 10.0 Å². The zero-order chi connectivity index (χ0) is 21.5. The zero-order valence-electron chi connectivity index (χ0n) is 16.5. The molecule has 154 valence electrons. The van der Waals surface area contributed by atoms with Crippen molar-refractivity contribution >= 4 is 35.0 Å². The van der Waals surface area contributed by atoms with Crippen molar-refractivity contribution in [1.29, 1.82) is 0 Å². The molecule has 0 radical (unpaired) electrons. The normalized spacial score (nSPS) is 11.6. The van der Waals surface area contributed by atoms with Crippen molar-refractivity contribution < 1.29 is 9.59 Å². The summed E-state index contributed by atoms with van der Waals surface area (Å²) >= 11 is 12.4. The minimum absolute atomic E-state index is 0.108. The van der Waals surface area contributed by atoms with Gasteiger partial charge in [-0.15, -0.1) is 0 Å². The lowest BCUT2D eigenvalue weighted by molar-refractivity contribution is -0.130. The highest BCUT2D eigenvalue weighted by atomic mass is 35.5. The van der Waals surface area contributed by atoms with Gasteiger partial charge in [-0.1, -0.05) is 83.9 Å². The van der Waals surface area contributed by atoms with Crippen molar-refractivity contribution in [1.82, 2.24) is 10.2 Å². The Balaban J connectivity index is 1.76. The first-order valence-electron chi connectivity index (χ1n) is 9.53. The Kier molecular flexibility index (Phi) is 7.50. The van der Waals surface area contributed by atoms with Crippen LogP contribution in [0.25, 0.3) is 0 Å². The van der Waals surface area contributed by atoms with Crippen LogP contribution >= 0.6 is 23.2 Å². The minimum Gasteiger partial charge on any atom is -0.345 e. The van der Waals surface area contributed by atoms with E-state index in [2.05, 4.69) is 5.32 Å². The van der Waals surface area contributed by atoms with Gasteiger partial charge in [0.2, 0.25) is 5.91 Å². The lowest BCUT2D eigenvalue weighted by Crippen LogP contribution is -2.34. The summed E-state index contributed by atoms with van der Waals surface area (Å²) in [5.74, 6) is -0.431. The van der Waals surface area contributed by atoms with Crippen LogP contribution in [0.5, 0.6) is 0 Å². The number of benzene rings is 3. The second kappa shape index (κ2) is 10.3. The first-order valence-corrected chi connectivity index (χ1v) is 10.3. The van der Waals surface area contributed by atoms with E-state index in [0.717, 1.165) is 11.1 Å². The molecule has 0 bridgehead atoms. The fraction of sp³-hybridized carbons (Fsp3) is 0.167. The predicted octanol–water partition coefficient (Wildman–Crippen LogP) is 5.51. The number of halogens is 2. The molecule has 3 aromatic rings. The van der Waals surface area contributed by atoms with E-state index in [1.165, 1.54) is 0 Å². The fourth-order valence-corrected chi connectivity index (χ4v) is 3.54. The Morgan fingerprint density at radius 3 is 2.13 bits per heavy atom. The number of nitrogens with one attached hydrogen (secondary N) is 1. The lowest BCUT2D eigenvalue weighted by Gasteiger charge is -2.23. The van der Waals surface area contributed by atoms with Gasteiger partial charge in [0.15, 0.2) is 0 Å². The maximum Gasteiger partial charge on any atom is 0.253 e. The molecule has 0 aliphatic rings. The smallest absolute Gasteiger partial charge is 0.253 e. The van der Waals surface area contributed by atoms with E-state index in [-0.39, 0.29) is 18.2 Å². The van der Waals surface area contributed by atoms with E-state index in [4.69, 9.17) is 23.2 Å². The number of hydrogen-bond donors (Lipinski definition) is 1. The summed E-state index contributed by atoms with van der Waals surface area (Å²) in [5.41, 5.74) is 2.08. The van der Waals surface area contributed by atoms with Crippen LogP contribution in [-0.4, -0.2) is 23.8 Å². The highest BCUT2D eigenvalue weighted by molar-refractivity contribution is 6.33. The summed E-state index contributed by atoms with van der Waals surface area (Å²) in [5, 5.41) is 3.93. The van der Waals surface area contributed by atoms with Crippen molar-refractivity contribution in [3.63, 3.8) is 0 Å². The molecule has 0 fully saturated rings. The summed E-state index contributed by atoms with van der Waals surface area (Å²) < 4.78 is 0. The zero-order valence-corrected chi connectivity index (χ0v) is 18.0. The lowest BCUT2D eigenvalue weighted by atomic mass is 10.0. The highest BCUT2D eigenvalue weighted by Crippen LogP contribution is 2.22. The monoisotopic (exact) mass is 440 g/mol. The average Bonchev–Trinajstić information content (AvgIpc) is 2.75. The summed E-state index contributed by atoms with van der Waals surface area (Å²) in [6.45, 7) is 0.387. The largest absolute Gasteiger partial charge is 0.345 e. The fourth-order valence-electron chi connectivity index (χ4n) is 3.12. The van der Waals surface area contributed by atoms with Gasteiger partial charge in [0, 0.05) is 18.6 Å². The quantitative estimate of drug-likeness (QED) is 0.526. The predicted molar refractivity (Wildman–Crippen MR) is 121 cm³/mol. The topological polar surface area (TPSA) is 49.4 Å². The van der Waals surface area contributed by atoms with E-state index >= 15 is 0 Å². The Hall–Kier alpha value is -2.82. The molecule has 1 N–H and O–H groups in total. The van der Waals surface area contributed by atoms with E-state index in [1.807, 2.05) is 48.5 Å². The molecule has 2 amide bonds. The Morgan fingerprint density at radius 1 is 0.867 bits per heavy atom. The van der Waals surface area contributed by atoms with Crippen LogP contribution < -0.4 is 5.32 Å². The van der Waals surface area contributed by atoms with Gasteiger partial charge in [0.25, 0.3) is 5.91 Å². The third-order valence-electron chi connectivity index (χ3n) is 4.80. The molecular weight excluding hydrogens is 419 g/mol. The number of amides is 2. The van der Waals surface area contributed by atoms with Crippen molar-refractivity contribution in [2.24, 2.45) is 0 Å². The minimum atomic E-state index is -0.490. The number of rotatable bonds is 7. The molecule has 0 saturated heterocycles. The maximum atomic E-state index is 12.9. The third kappa shape index (κ3) is 5.62. The molecule has 0 heterocycles. The highest BCUT2D eigenvalue weighted by Gasteiger charge is 2.22. The number of carbonyl (C=O) groups excluding carboxylic acids is 2. The van der Waals surface area contributed by atoms with E-state index in [1.54, 1.807) is 42.3 Å². The molecule has 3 rings (SSSR count). The van der Waals surface area contributed by atoms with Crippen LogP contribution in [-0.2, 0) is 11.3 Å². The van der Waals surface area contributed by atoms with Crippen LogP contribution in [0.4, 0.5) is 0 Å². The summed E-state index contributed by atoms with van der Waals surface area (Å²) in [4.78, 5) is 27.3. The third-order valence-corrected chi connectivity index (χ3v) is 5.49. The maximum absolute atomic E-state index is 12.9. The number of nitrogens with zero attached hydrogens (tertiary/aromatic N) is 1. The van der Waals surface area contributed by atoms with Crippen molar-refractivity contribution in [3.8, 4) is 0 Å². The van der Waals surface area contributed by atoms with Crippen LogP contribution in [0.15, 0.2) is 78.9 Å². The van der Waals surface area contributed by atoms with Gasteiger partial charge < -0.3 is 10.2 Å². The van der Waals surface area contributed by atoms with Crippen LogP contribution in [0.3, 0.4) is 0 Å². The van der Waals surface area contributed by atoms with Gasteiger partial charge >= 0.3 is 0 Å². The van der Waals surface area contributed by atoms with Crippen molar-refractivity contribution in [3.05, 3.63) is 106 Å². The molecular formula is C24H22Cl2N2O2. The van der Waals surface area contributed by atoms with Gasteiger partial charge in [-0.05, 0) is 29.3 Å². The molecule has 0 aliphatic carbocycles. The number of hydrogen-bond acceptors (Lipinski definition) is 2. The van der Waals surface area contributed by atoms with Crippen molar-refractivity contribution in [2.45, 2.75) is 19.0 Å². The summed E-state index contributed by atoms with van der Waals surface area (Å²) in [6.07, 6.45) is 0.112. The SMILES string of the molecule is CN(Cc1ccccc1Cl)C(=O)CC(NC(=O)c1ccccc1Cl)c1ccccc1. The molecule has 30 heavy (non-hydrogen) atoms. The first kappa shape index (κ1) is 21.9. The second-order valence-electron chi connectivity index (χ2n) is 6.96. The Bertz CT molecular complexity index is 1020. The van der Waals surface area contributed by atoms with Crippen LogP contribution in [0.1, 0.15) is 33.9 Å². The van der Waals surface area contributed by atoms with Gasteiger partial charge in [-0.3, -0.25) is 9.59 Å². The molecule has 0 saturated carbocycles. The van der Waals surface area contributed by atoms with Gasteiger partial charge in [0.1, 0.15) is 0 Å². The molecule has 0 aliphatic heterocycles. The van der Waals surface area contributed by atoms with E-state index in [0.29, 0.717) is 22.2 Å². The van der Waals surface area contributed by atoms with Gasteiger partial charge in [0.05, 0.1) is 23.0 Å². The van der Waals surface area contributed by atoms with E-state index in [9.17, 15) is 9.59 Å². The Morgan fingerprint density at radius 2 is 1.47 bits per heavy atom. The molecule has 1 atom stereocenters.